The van der Waals surface area contributed by atoms with Crippen LogP contribution in [0.4, 0.5) is 0 Å². The lowest BCUT2D eigenvalue weighted by Gasteiger charge is -2.14. The molecule has 1 heterocycles. The molecule has 1 aromatic heterocycles. The van der Waals surface area contributed by atoms with E-state index in [1.54, 1.807) is 4.68 Å². The van der Waals surface area contributed by atoms with Crippen LogP contribution in [-0.4, -0.2) is 20.9 Å². The zero-order valence-corrected chi connectivity index (χ0v) is 11.7. The average Bonchev–Trinajstić information content (AvgIpc) is 2.71. The predicted octanol–water partition coefficient (Wildman–Crippen LogP) is 3.06. The first kappa shape index (κ1) is 13.3. The van der Waals surface area contributed by atoms with Gasteiger partial charge in [-0.15, -0.1) is 0 Å². The summed E-state index contributed by atoms with van der Waals surface area (Å²) in [4.78, 5) is 11.2. The van der Waals surface area contributed by atoms with Crippen molar-refractivity contribution in [2.45, 2.75) is 34.1 Å². The van der Waals surface area contributed by atoms with E-state index in [2.05, 4.69) is 24.2 Å². The fraction of sp³-hybridized carbons (Fsp3) is 0.333. The number of aryl methyl sites for hydroxylation is 3. The van der Waals surface area contributed by atoms with Crippen LogP contribution >= 0.6 is 0 Å². The minimum absolute atomic E-state index is 0.280. The van der Waals surface area contributed by atoms with Crippen molar-refractivity contribution in [3.8, 4) is 5.69 Å². The molecule has 19 heavy (non-hydrogen) atoms. The summed E-state index contributed by atoms with van der Waals surface area (Å²) >= 11 is 0. The Morgan fingerprint density at radius 1 is 1.26 bits per heavy atom. The molecule has 1 aromatic carbocycles. The van der Waals surface area contributed by atoms with Crippen molar-refractivity contribution in [1.82, 2.24) is 9.78 Å². The Hall–Kier alpha value is -2.10. The van der Waals surface area contributed by atoms with Crippen molar-refractivity contribution < 1.29 is 9.90 Å². The second-order valence-corrected chi connectivity index (χ2v) is 4.82. The lowest BCUT2D eigenvalue weighted by Crippen LogP contribution is -2.08. The van der Waals surface area contributed by atoms with E-state index in [1.165, 1.54) is 11.8 Å². The second-order valence-electron chi connectivity index (χ2n) is 4.82. The van der Waals surface area contributed by atoms with Crippen LogP contribution in [-0.2, 0) is 6.42 Å². The number of aromatic carboxylic acids is 1. The molecule has 0 aliphatic carbocycles. The molecular weight excluding hydrogens is 240 g/mol. The van der Waals surface area contributed by atoms with Crippen LogP contribution in [0.5, 0.6) is 0 Å². The van der Waals surface area contributed by atoms with Gasteiger partial charge in [-0.3, -0.25) is 0 Å². The van der Waals surface area contributed by atoms with Crippen molar-refractivity contribution in [3.63, 3.8) is 0 Å². The minimum atomic E-state index is -0.925. The van der Waals surface area contributed by atoms with Crippen LogP contribution in [0.25, 0.3) is 5.69 Å². The lowest BCUT2D eigenvalue weighted by molar-refractivity contribution is 0.0695. The van der Waals surface area contributed by atoms with Crippen molar-refractivity contribution >= 4 is 5.97 Å². The summed E-state index contributed by atoms with van der Waals surface area (Å²) in [5.74, 6) is -0.925. The third kappa shape index (κ3) is 2.26. The smallest absolute Gasteiger partial charge is 0.339 e. The first-order valence-corrected chi connectivity index (χ1v) is 6.34. The summed E-state index contributed by atoms with van der Waals surface area (Å²) in [5, 5.41) is 13.5. The Kier molecular flexibility index (Phi) is 3.42. The summed E-state index contributed by atoms with van der Waals surface area (Å²) in [7, 11) is 0. The molecule has 0 saturated carbocycles. The Balaban J connectivity index is 2.69. The Morgan fingerprint density at radius 3 is 2.32 bits per heavy atom. The SMILES string of the molecule is CCc1c(C(=O)O)cnn1-c1c(C)cc(C)cc1C. The van der Waals surface area contributed by atoms with Crippen LogP contribution < -0.4 is 0 Å². The Bertz CT molecular complexity index is 619. The van der Waals surface area contributed by atoms with Crippen molar-refractivity contribution in [2.75, 3.05) is 0 Å². The van der Waals surface area contributed by atoms with Gasteiger partial charge in [0.25, 0.3) is 0 Å². The molecular formula is C15H18N2O2. The van der Waals surface area contributed by atoms with Crippen molar-refractivity contribution in [1.29, 1.82) is 0 Å². The third-order valence-corrected chi connectivity index (χ3v) is 3.28. The highest BCUT2D eigenvalue weighted by atomic mass is 16.4. The van der Waals surface area contributed by atoms with E-state index < -0.39 is 5.97 Å². The van der Waals surface area contributed by atoms with E-state index in [0.717, 1.165) is 22.5 Å². The molecule has 0 fully saturated rings. The number of carboxylic acids is 1. The van der Waals surface area contributed by atoms with Gasteiger partial charge >= 0.3 is 5.97 Å². The standard InChI is InChI=1S/C15H18N2O2/c1-5-13-12(15(18)19)8-16-17(13)14-10(3)6-9(2)7-11(14)4/h6-8H,5H2,1-4H3,(H,18,19). The number of rotatable bonds is 3. The van der Waals surface area contributed by atoms with Gasteiger partial charge in [0, 0.05) is 0 Å². The average molecular weight is 258 g/mol. The van der Waals surface area contributed by atoms with E-state index in [0.29, 0.717) is 6.42 Å². The number of nitrogens with zero attached hydrogens (tertiary/aromatic N) is 2. The van der Waals surface area contributed by atoms with Gasteiger partial charge in [-0.25, -0.2) is 9.48 Å². The van der Waals surface area contributed by atoms with Gasteiger partial charge < -0.3 is 5.11 Å². The zero-order valence-electron chi connectivity index (χ0n) is 11.7. The number of hydrogen-bond acceptors (Lipinski definition) is 2. The van der Waals surface area contributed by atoms with Crippen LogP contribution in [0.3, 0.4) is 0 Å². The number of carbonyl (C=O) groups is 1. The molecule has 100 valence electrons. The number of hydrogen-bond donors (Lipinski definition) is 1. The van der Waals surface area contributed by atoms with Gasteiger partial charge in [0.1, 0.15) is 5.56 Å². The molecule has 2 rings (SSSR count). The van der Waals surface area contributed by atoms with Gasteiger partial charge in [0.05, 0.1) is 17.6 Å². The van der Waals surface area contributed by atoms with Gasteiger partial charge in [0.15, 0.2) is 0 Å². The largest absolute Gasteiger partial charge is 0.478 e. The van der Waals surface area contributed by atoms with Crippen molar-refractivity contribution in [3.05, 3.63) is 46.3 Å². The molecule has 0 spiro atoms. The molecule has 4 heteroatoms. The lowest BCUT2D eigenvalue weighted by atomic mass is 10.0. The molecule has 1 N–H and O–H groups in total. The second kappa shape index (κ2) is 4.88. The highest BCUT2D eigenvalue weighted by molar-refractivity contribution is 5.88. The van der Waals surface area contributed by atoms with E-state index in [1.807, 2.05) is 20.8 Å². The molecule has 2 aromatic rings. The highest BCUT2D eigenvalue weighted by Crippen LogP contribution is 2.23. The molecule has 0 unspecified atom stereocenters. The van der Waals surface area contributed by atoms with E-state index in [4.69, 9.17) is 0 Å². The Morgan fingerprint density at radius 2 is 1.84 bits per heavy atom. The summed E-state index contributed by atoms with van der Waals surface area (Å²) in [5.41, 5.74) is 5.40. The molecule has 0 saturated heterocycles. The first-order valence-electron chi connectivity index (χ1n) is 6.34. The summed E-state index contributed by atoms with van der Waals surface area (Å²) in [6.07, 6.45) is 2.06. The van der Waals surface area contributed by atoms with E-state index >= 15 is 0 Å². The molecule has 0 amide bonds. The maximum atomic E-state index is 11.2. The summed E-state index contributed by atoms with van der Waals surface area (Å²) < 4.78 is 1.76. The molecule has 0 radical (unpaired) electrons. The van der Waals surface area contributed by atoms with E-state index in [9.17, 15) is 9.90 Å². The van der Waals surface area contributed by atoms with E-state index in [-0.39, 0.29) is 5.56 Å². The highest BCUT2D eigenvalue weighted by Gasteiger charge is 2.18. The van der Waals surface area contributed by atoms with Crippen LogP contribution in [0.2, 0.25) is 0 Å². The zero-order chi connectivity index (χ0) is 14.2. The summed E-state index contributed by atoms with van der Waals surface area (Å²) in [6.45, 7) is 8.04. The molecule has 4 nitrogen and oxygen atoms in total. The van der Waals surface area contributed by atoms with Gasteiger partial charge in [-0.05, 0) is 38.3 Å². The third-order valence-electron chi connectivity index (χ3n) is 3.28. The number of aromatic nitrogens is 2. The molecule has 0 atom stereocenters. The van der Waals surface area contributed by atoms with Gasteiger partial charge in [0.2, 0.25) is 0 Å². The van der Waals surface area contributed by atoms with Crippen LogP contribution in [0.15, 0.2) is 18.3 Å². The number of carboxylic acid groups (broad SMARTS) is 1. The van der Waals surface area contributed by atoms with Gasteiger partial charge in [-0.1, -0.05) is 24.6 Å². The first-order chi connectivity index (χ1) is 8.95. The van der Waals surface area contributed by atoms with Crippen LogP contribution in [0, 0.1) is 20.8 Å². The van der Waals surface area contributed by atoms with Crippen LogP contribution in [0.1, 0.15) is 39.7 Å². The van der Waals surface area contributed by atoms with Gasteiger partial charge in [-0.2, -0.15) is 5.10 Å². The monoisotopic (exact) mass is 258 g/mol. The normalized spacial score (nSPS) is 10.7. The fourth-order valence-corrected chi connectivity index (χ4v) is 2.59. The molecule has 0 aliphatic rings. The molecule has 0 aliphatic heterocycles. The minimum Gasteiger partial charge on any atom is -0.478 e. The Labute approximate surface area is 112 Å². The predicted molar refractivity (Wildman–Crippen MR) is 74.1 cm³/mol. The maximum absolute atomic E-state index is 11.2. The maximum Gasteiger partial charge on any atom is 0.339 e. The summed E-state index contributed by atoms with van der Waals surface area (Å²) in [6, 6.07) is 4.17. The fourth-order valence-electron chi connectivity index (χ4n) is 2.59. The topological polar surface area (TPSA) is 55.1 Å². The molecule has 0 bridgehead atoms. The quantitative estimate of drug-likeness (QED) is 0.920. The number of benzene rings is 1. The van der Waals surface area contributed by atoms with Crippen molar-refractivity contribution in [2.24, 2.45) is 0 Å².